The van der Waals surface area contributed by atoms with Gasteiger partial charge in [0.15, 0.2) is 0 Å². The van der Waals surface area contributed by atoms with Crippen molar-refractivity contribution < 1.29 is 0 Å². The molecule has 1 aromatic carbocycles. The lowest BCUT2D eigenvalue weighted by molar-refractivity contribution is 0.721. The zero-order valence-electron chi connectivity index (χ0n) is 10.1. The Morgan fingerprint density at radius 2 is 1.19 bits per heavy atom. The van der Waals surface area contributed by atoms with Crippen LogP contribution in [0.1, 0.15) is 35.1 Å². The molecule has 0 fully saturated rings. The Hall–Kier alpha value is -1.18. The first-order valence-corrected chi connectivity index (χ1v) is 6.29. The second-order valence-corrected chi connectivity index (χ2v) is 4.87. The van der Waals surface area contributed by atoms with Gasteiger partial charge in [0.25, 0.3) is 0 Å². The van der Waals surface area contributed by atoms with Crippen molar-refractivity contribution in [2.75, 3.05) is 13.1 Å². The van der Waals surface area contributed by atoms with Gasteiger partial charge in [-0.3, -0.25) is 9.98 Å². The summed E-state index contributed by atoms with van der Waals surface area (Å²) in [7, 11) is 0. The molecule has 0 N–H and O–H groups in total. The summed E-state index contributed by atoms with van der Waals surface area (Å²) in [5, 5.41) is 2.58. The molecule has 84 valence electrons. The van der Waals surface area contributed by atoms with Gasteiger partial charge in [-0.25, -0.2) is 0 Å². The maximum Gasteiger partial charge on any atom is 0.0642 e. The normalized spacial score (nSPS) is 18.1. The summed E-state index contributed by atoms with van der Waals surface area (Å²) < 4.78 is 0. The molecule has 2 nitrogen and oxygen atoms in total. The van der Waals surface area contributed by atoms with Gasteiger partial charge in [-0.2, -0.15) is 0 Å². The van der Waals surface area contributed by atoms with Crippen molar-refractivity contribution >= 4 is 0 Å². The van der Waals surface area contributed by atoms with Crippen LogP contribution in [0, 0.1) is 13.8 Å². The van der Waals surface area contributed by atoms with E-state index in [9.17, 15) is 0 Å². The van der Waals surface area contributed by atoms with Crippen molar-refractivity contribution in [3.63, 3.8) is 0 Å². The molecule has 0 saturated heterocycles. The third kappa shape index (κ3) is 1.32. The number of fused-ring (bicyclic) bond motifs is 2. The van der Waals surface area contributed by atoms with Crippen LogP contribution in [-0.2, 0) is 12.8 Å². The predicted molar refractivity (Wildman–Crippen MR) is 64.6 cm³/mol. The van der Waals surface area contributed by atoms with Crippen molar-refractivity contribution in [2.45, 2.75) is 39.5 Å². The fourth-order valence-electron chi connectivity index (χ4n) is 3.03. The smallest absolute Gasteiger partial charge is 0.0642 e. The quantitative estimate of drug-likeness (QED) is 0.624. The largest absolute Gasteiger partial charge is 0.285 e. The lowest BCUT2D eigenvalue weighted by Crippen LogP contribution is -2.32. The molecule has 0 saturated carbocycles. The molecule has 16 heavy (non-hydrogen) atoms. The topological polar surface area (TPSA) is 24.7 Å². The summed E-state index contributed by atoms with van der Waals surface area (Å²) in [6.45, 7) is 6.46. The van der Waals surface area contributed by atoms with Gasteiger partial charge in [0.05, 0.1) is 10.7 Å². The summed E-state index contributed by atoms with van der Waals surface area (Å²) in [6.07, 6.45) is 4.78. The highest BCUT2D eigenvalue weighted by Gasteiger charge is 2.17. The van der Waals surface area contributed by atoms with Gasteiger partial charge in [0.2, 0.25) is 0 Å². The van der Waals surface area contributed by atoms with Crippen molar-refractivity contribution in [1.29, 1.82) is 0 Å². The molecule has 0 aliphatic carbocycles. The first kappa shape index (κ1) is 10.0. The Morgan fingerprint density at radius 1 is 0.750 bits per heavy atom. The summed E-state index contributed by atoms with van der Waals surface area (Å²) in [4.78, 5) is 9.44. The number of hydrogen-bond donors (Lipinski definition) is 0. The maximum absolute atomic E-state index is 4.72. The minimum absolute atomic E-state index is 1.00. The van der Waals surface area contributed by atoms with Crippen molar-refractivity contribution in [1.82, 2.24) is 0 Å². The van der Waals surface area contributed by atoms with Crippen molar-refractivity contribution in [2.24, 2.45) is 9.98 Å². The molecule has 0 radical (unpaired) electrons. The van der Waals surface area contributed by atoms with E-state index >= 15 is 0 Å². The Labute approximate surface area is 96.1 Å². The lowest BCUT2D eigenvalue weighted by atomic mass is 9.90. The molecule has 1 aromatic rings. The van der Waals surface area contributed by atoms with E-state index in [1.807, 2.05) is 0 Å². The fraction of sp³-hybridized carbons (Fsp3) is 0.571. The molecule has 0 amide bonds. The van der Waals surface area contributed by atoms with Gasteiger partial charge < -0.3 is 0 Å². The first-order chi connectivity index (χ1) is 7.79. The van der Waals surface area contributed by atoms with Crippen LogP contribution in [-0.4, -0.2) is 13.1 Å². The van der Waals surface area contributed by atoms with Gasteiger partial charge in [0.1, 0.15) is 0 Å². The van der Waals surface area contributed by atoms with Crippen molar-refractivity contribution in [3.8, 4) is 0 Å². The highest BCUT2D eigenvalue weighted by Crippen LogP contribution is 2.14. The Morgan fingerprint density at radius 3 is 1.62 bits per heavy atom. The highest BCUT2D eigenvalue weighted by atomic mass is 14.7. The minimum atomic E-state index is 1.00. The monoisotopic (exact) mass is 214 g/mol. The summed E-state index contributed by atoms with van der Waals surface area (Å²) >= 11 is 0. The lowest BCUT2D eigenvalue weighted by Gasteiger charge is -2.19. The van der Waals surface area contributed by atoms with Crippen molar-refractivity contribution in [3.05, 3.63) is 33.0 Å². The van der Waals surface area contributed by atoms with Crippen LogP contribution in [0.5, 0.6) is 0 Å². The number of nitrogens with zero attached hydrogens (tertiary/aromatic N) is 2. The minimum Gasteiger partial charge on any atom is -0.285 e. The molecule has 3 rings (SSSR count). The van der Waals surface area contributed by atoms with Crippen LogP contribution in [0.15, 0.2) is 9.98 Å². The van der Waals surface area contributed by atoms with E-state index in [1.54, 1.807) is 0 Å². The fourth-order valence-corrected chi connectivity index (χ4v) is 3.03. The molecule has 0 unspecified atom stereocenters. The van der Waals surface area contributed by atoms with Crippen LogP contribution < -0.4 is 10.7 Å². The summed E-state index contributed by atoms with van der Waals surface area (Å²) in [6, 6.07) is 0. The second-order valence-electron chi connectivity index (χ2n) is 4.87. The molecule has 0 spiro atoms. The number of benzene rings is 1. The summed E-state index contributed by atoms with van der Waals surface area (Å²) in [5.74, 6) is 0. The first-order valence-electron chi connectivity index (χ1n) is 6.29. The third-order valence-electron chi connectivity index (χ3n) is 3.90. The third-order valence-corrected chi connectivity index (χ3v) is 3.90. The SMILES string of the molecule is Cc1c2c(c(C)c3c1=NCCC3)=NCCC2. The predicted octanol–water partition coefficient (Wildman–Crippen LogP) is 1.44. The molecular formula is C14H18N2. The summed E-state index contributed by atoms with van der Waals surface area (Å²) in [5.41, 5.74) is 5.74. The average molecular weight is 214 g/mol. The van der Waals surface area contributed by atoms with E-state index in [0.717, 1.165) is 13.1 Å². The van der Waals surface area contributed by atoms with E-state index in [-0.39, 0.29) is 0 Å². The molecule has 2 heterocycles. The van der Waals surface area contributed by atoms with E-state index in [2.05, 4.69) is 13.8 Å². The Balaban J connectivity index is 2.45. The van der Waals surface area contributed by atoms with Gasteiger partial charge in [-0.15, -0.1) is 0 Å². The standard InChI is InChI=1S/C14H18N2/c1-9-11-5-3-8-16-14(11)10(2)12-6-4-7-15-13(9)12/h3-8H2,1-2H3. The molecule has 0 atom stereocenters. The van der Waals surface area contributed by atoms with E-state index < -0.39 is 0 Å². The van der Waals surface area contributed by atoms with Crippen LogP contribution in [0.3, 0.4) is 0 Å². The van der Waals surface area contributed by atoms with Crippen LogP contribution in [0.4, 0.5) is 0 Å². The maximum atomic E-state index is 4.72. The van der Waals surface area contributed by atoms with Gasteiger partial charge >= 0.3 is 0 Å². The average Bonchev–Trinajstić information content (AvgIpc) is 2.36. The highest BCUT2D eigenvalue weighted by molar-refractivity contribution is 5.38. The van der Waals surface area contributed by atoms with Crippen LogP contribution in [0.2, 0.25) is 0 Å². The van der Waals surface area contributed by atoms with E-state index in [1.165, 1.54) is 58.7 Å². The van der Waals surface area contributed by atoms with Crippen LogP contribution >= 0.6 is 0 Å². The van der Waals surface area contributed by atoms with Crippen LogP contribution in [0.25, 0.3) is 0 Å². The molecule has 2 aliphatic heterocycles. The molecule has 0 aromatic heterocycles. The van der Waals surface area contributed by atoms with E-state index in [4.69, 9.17) is 9.98 Å². The number of rotatable bonds is 0. The van der Waals surface area contributed by atoms with E-state index in [0.29, 0.717) is 0 Å². The Bertz CT molecular complexity index is 504. The van der Waals surface area contributed by atoms with Gasteiger partial charge in [0, 0.05) is 13.1 Å². The molecule has 0 bridgehead atoms. The zero-order valence-corrected chi connectivity index (χ0v) is 10.1. The molecular weight excluding hydrogens is 196 g/mol. The molecule has 2 heteroatoms. The molecule has 2 aliphatic rings. The Kier molecular flexibility index (Phi) is 2.31. The number of hydrogen-bond acceptors (Lipinski definition) is 2. The van der Waals surface area contributed by atoms with Gasteiger partial charge in [-0.1, -0.05) is 0 Å². The zero-order chi connectivity index (χ0) is 11.1. The second kappa shape index (κ2) is 3.69. The van der Waals surface area contributed by atoms with Gasteiger partial charge in [-0.05, 0) is 61.8 Å².